The van der Waals surface area contributed by atoms with Crippen LogP contribution in [0.2, 0.25) is 0 Å². The molecule has 0 bridgehead atoms. The van der Waals surface area contributed by atoms with Crippen LogP contribution in [0.4, 0.5) is 5.69 Å². The van der Waals surface area contributed by atoms with E-state index in [0.717, 1.165) is 31.7 Å². The van der Waals surface area contributed by atoms with Crippen molar-refractivity contribution in [3.63, 3.8) is 0 Å². The van der Waals surface area contributed by atoms with Gasteiger partial charge in [0.1, 0.15) is 0 Å². The lowest BCUT2D eigenvalue weighted by atomic mass is 10.2. The van der Waals surface area contributed by atoms with Crippen molar-refractivity contribution in [3.05, 3.63) is 11.4 Å². The molecule has 0 aromatic carbocycles. The van der Waals surface area contributed by atoms with E-state index in [9.17, 15) is 0 Å². The van der Waals surface area contributed by atoms with Crippen LogP contribution in [0.15, 0.2) is 0 Å². The molecule has 4 nitrogen and oxygen atoms in total. The molecule has 1 heterocycles. The summed E-state index contributed by atoms with van der Waals surface area (Å²) in [4.78, 5) is 0. The number of hydrogen-bond donors (Lipinski definition) is 1. The van der Waals surface area contributed by atoms with Crippen molar-refractivity contribution in [1.29, 1.82) is 0 Å². The molecule has 0 atom stereocenters. The lowest BCUT2D eigenvalue weighted by Crippen LogP contribution is -2.10. The minimum atomic E-state index is 0.723. The predicted molar refractivity (Wildman–Crippen MR) is 62.3 cm³/mol. The van der Waals surface area contributed by atoms with Crippen molar-refractivity contribution < 1.29 is 4.74 Å². The first-order valence-electron chi connectivity index (χ1n) is 5.52. The van der Waals surface area contributed by atoms with E-state index in [4.69, 9.17) is 4.74 Å². The summed E-state index contributed by atoms with van der Waals surface area (Å²) in [6.07, 6.45) is 1.96. The maximum Gasteiger partial charge on any atom is 0.0856 e. The second-order valence-corrected chi connectivity index (χ2v) is 3.52. The minimum absolute atomic E-state index is 0.723. The van der Waals surface area contributed by atoms with Gasteiger partial charge in [0.15, 0.2) is 0 Å². The first kappa shape index (κ1) is 12.0. The van der Waals surface area contributed by atoms with Crippen LogP contribution in [0.3, 0.4) is 0 Å². The van der Waals surface area contributed by atoms with Gasteiger partial charge < -0.3 is 10.1 Å². The number of anilines is 1. The van der Waals surface area contributed by atoms with Gasteiger partial charge in [0.25, 0.3) is 0 Å². The monoisotopic (exact) mass is 211 g/mol. The van der Waals surface area contributed by atoms with Crippen LogP contribution in [-0.2, 0) is 24.6 Å². The Hall–Kier alpha value is -1.03. The van der Waals surface area contributed by atoms with Gasteiger partial charge in [0.05, 0.1) is 23.7 Å². The smallest absolute Gasteiger partial charge is 0.0856 e. The third-order valence-electron chi connectivity index (χ3n) is 2.52. The number of hydrogen-bond acceptors (Lipinski definition) is 3. The van der Waals surface area contributed by atoms with Crippen LogP contribution in [0.5, 0.6) is 0 Å². The van der Waals surface area contributed by atoms with Crippen molar-refractivity contribution in [2.24, 2.45) is 7.05 Å². The maximum absolute atomic E-state index is 5.03. The van der Waals surface area contributed by atoms with Gasteiger partial charge in [-0.05, 0) is 12.8 Å². The minimum Gasteiger partial charge on any atom is -0.383 e. The number of aromatic nitrogens is 2. The van der Waals surface area contributed by atoms with E-state index in [1.165, 1.54) is 11.4 Å². The fourth-order valence-corrected chi connectivity index (χ4v) is 1.76. The van der Waals surface area contributed by atoms with Gasteiger partial charge in [-0.1, -0.05) is 13.8 Å². The lowest BCUT2D eigenvalue weighted by molar-refractivity contribution is 0.210. The Morgan fingerprint density at radius 2 is 2.07 bits per heavy atom. The molecule has 1 N–H and O–H groups in total. The summed E-state index contributed by atoms with van der Waals surface area (Å²) in [5.41, 5.74) is 3.60. The SMILES string of the molecule is CCc1nn(C)c(CC)c1NCCOC. The van der Waals surface area contributed by atoms with Crippen LogP contribution in [0, 0.1) is 0 Å². The molecule has 0 saturated heterocycles. The summed E-state index contributed by atoms with van der Waals surface area (Å²) in [6, 6.07) is 0. The molecule has 0 saturated carbocycles. The maximum atomic E-state index is 5.03. The Morgan fingerprint density at radius 1 is 1.33 bits per heavy atom. The molecule has 0 fully saturated rings. The van der Waals surface area contributed by atoms with Crippen molar-refractivity contribution in [2.45, 2.75) is 26.7 Å². The molecule has 0 spiro atoms. The highest BCUT2D eigenvalue weighted by molar-refractivity contribution is 5.53. The molecule has 0 aliphatic rings. The molecule has 0 unspecified atom stereocenters. The number of nitrogens with one attached hydrogen (secondary N) is 1. The summed E-state index contributed by atoms with van der Waals surface area (Å²) in [5.74, 6) is 0. The normalized spacial score (nSPS) is 10.7. The van der Waals surface area contributed by atoms with Crippen molar-refractivity contribution in [3.8, 4) is 0 Å². The number of ether oxygens (including phenoxy) is 1. The second kappa shape index (κ2) is 5.75. The average molecular weight is 211 g/mol. The fourth-order valence-electron chi connectivity index (χ4n) is 1.76. The largest absolute Gasteiger partial charge is 0.383 e. The molecule has 1 rings (SSSR count). The van der Waals surface area contributed by atoms with Gasteiger partial charge >= 0.3 is 0 Å². The summed E-state index contributed by atoms with van der Waals surface area (Å²) >= 11 is 0. The van der Waals surface area contributed by atoms with E-state index in [1.807, 2.05) is 11.7 Å². The average Bonchev–Trinajstić information content (AvgIpc) is 2.55. The Balaban J connectivity index is 2.81. The molecule has 15 heavy (non-hydrogen) atoms. The molecular weight excluding hydrogens is 190 g/mol. The molecule has 1 aromatic heterocycles. The molecule has 0 aliphatic heterocycles. The third-order valence-corrected chi connectivity index (χ3v) is 2.52. The highest BCUT2D eigenvalue weighted by Crippen LogP contribution is 2.21. The number of nitrogens with zero attached hydrogens (tertiary/aromatic N) is 2. The van der Waals surface area contributed by atoms with E-state index in [0.29, 0.717) is 0 Å². The van der Waals surface area contributed by atoms with Crippen LogP contribution < -0.4 is 5.32 Å². The first-order chi connectivity index (χ1) is 7.24. The molecule has 0 amide bonds. The van der Waals surface area contributed by atoms with E-state index < -0.39 is 0 Å². The van der Waals surface area contributed by atoms with Gasteiger partial charge in [-0.25, -0.2) is 0 Å². The van der Waals surface area contributed by atoms with Gasteiger partial charge in [-0.2, -0.15) is 5.10 Å². The Kier molecular flexibility index (Phi) is 4.62. The Bertz CT molecular complexity index is 307. The molecule has 4 heteroatoms. The highest BCUT2D eigenvalue weighted by Gasteiger charge is 2.12. The van der Waals surface area contributed by atoms with Crippen LogP contribution >= 0.6 is 0 Å². The van der Waals surface area contributed by atoms with Crippen LogP contribution in [0.25, 0.3) is 0 Å². The Morgan fingerprint density at radius 3 is 2.60 bits per heavy atom. The van der Waals surface area contributed by atoms with Crippen molar-refractivity contribution in [1.82, 2.24) is 9.78 Å². The molecule has 1 aromatic rings. The topological polar surface area (TPSA) is 39.1 Å². The van der Waals surface area contributed by atoms with Crippen molar-refractivity contribution >= 4 is 5.69 Å². The number of aryl methyl sites for hydroxylation is 2. The zero-order chi connectivity index (χ0) is 11.3. The van der Waals surface area contributed by atoms with Gasteiger partial charge in [0, 0.05) is 20.7 Å². The van der Waals surface area contributed by atoms with Gasteiger partial charge in [0.2, 0.25) is 0 Å². The summed E-state index contributed by atoms with van der Waals surface area (Å²) in [6.45, 7) is 5.84. The zero-order valence-corrected chi connectivity index (χ0v) is 10.1. The van der Waals surface area contributed by atoms with E-state index >= 15 is 0 Å². The molecule has 0 radical (unpaired) electrons. The highest BCUT2D eigenvalue weighted by atomic mass is 16.5. The van der Waals surface area contributed by atoms with E-state index in [2.05, 4.69) is 24.3 Å². The summed E-state index contributed by atoms with van der Waals surface area (Å²) in [7, 11) is 3.71. The van der Waals surface area contributed by atoms with Crippen LogP contribution in [0.1, 0.15) is 25.2 Å². The van der Waals surface area contributed by atoms with Gasteiger partial charge in [-0.15, -0.1) is 0 Å². The summed E-state index contributed by atoms with van der Waals surface area (Å²) in [5, 5.41) is 7.89. The number of methoxy groups -OCH3 is 1. The lowest BCUT2D eigenvalue weighted by Gasteiger charge is -2.07. The molecular formula is C11H21N3O. The number of rotatable bonds is 6. The molecule has 0 aliphatic carbocycles. The first-order valence-corrected chi connectivity index (χ1v) is 5.52. The molecule has 86 valence electrons. The predicted octanol–water partition coefficient (Wildman–Crippen LogP) is 1.60. The van der Waals surface area contributed by atoms with Crippen molar-refractivity contribution in [2.75, 3.05) is 25.6 Å². The Labute approximate surface area is 91.6 Å². The quantitative estimate of drug-likeness (QED) is 0.726. The second-order valence-electron chi connectivity index (χ2n) is 3.52. The zero-order valence-electron chi connectivity index (χ0n) is 10.1. The fraction of sp³-hybridized carbons (Fsp3) is 0.727. The third kappa shape index (κ3) is 2.72. The van der Waals surface area contributed by atoms with E-state index in [-0.39, 0.29) is 0 Å². The summed E-state index contributed by atoms with van der Waals surface area (Å²) < 4.78 is 6.99. The van der Waals surface area contributed by atoms with Gasteiger partial charge in [-0.3, -0.25) is 4.68 Å². The van der Waals surface area contributed by atoms with E-state index in [1.54, 1.807) is 7.11 Å². The van der Waals surface area contributed by atoms with Crippen LogP contribution in [-0.4, -0.2) is 30.0 Å². The standard InChI is InChI=1S/C11H21N3O/c1-5-9-11(12-7-8-15-4)10(6-2)14(3)13-9/h12H,5-8H2,1-4H3.